The molecule has 3 aliphatic rings. The summed E-state index contributed by atoms with van der Waals surface area (Å²) in [5, 5.41) is 13.2. The number of nitrogens with one attached hydrogen (secondary N) is 1. The van der Waals surface area contributed by atoms with Crippen LogP contribution in [-0.2, 0) is 5.41 Å². The van der Waals surface area contributed by atoms with E-state index < -0.39 is 5.41 Å². The molecule has 1 aliphatic carbocycles. The predicted molar refractivity (Wildman–Crippen MR) is 490 cm³/mol. The fourth-order valence-electron chi connectivity index (χ4n) is 19.5. The molecule has 2 atom stereocenters. The van der Waals surface area contributed by atoms with Crippen molar-refractivity contribution in [2.75, 3.05) is 0 Å². The van der Waals surface area contributed by atoms with Crippen molar-refractivity contribution in [3.63, 3.8) is 0 Å². The van der Waals surface area contributed by atoms with Crippen LogP contribution in [-0.4, -0.2) is 35.8 Å². The van der Waals surface area contributed by atoms with E-state index in [4.69, 9.17) is 24.9 Å². The fourth-order valence-corrected chi connectivity index (χ4v) is 19.5. The molecular weight excluding hydrogens is 1450 g/mol. The summed E-state index contributed by atoms with van der Waals surface area (Å²) < 4.78 is 4.93. The summed E-state index contributed by atoms with van der Waals surface area (Å²) in [6.45, 7) is 0. The lowest BCUT2D eigenvalue weighted by Gasteiger charge is -2.40. The SMILES string of the molecule is c1ccc(C2=NC(c3cccc(-c4c(-c5ccc6c(c5)C5(c7ccccc7-6)c6ccc(-c7cccc(-c8nc(-c9ccccc9)nc(-c9cccc(-c%10c(-c%11ccc(-n%12c%13ccccc%13c%13ccccc%13%12)cc%11)ccc%11ccccc%10%11)c9)n8)c7)cc6-n6c7ccccc7c7cccc5c76)ccc5ccccc45)c3)=NC(c3ccccc3)N2)cc1. The highest BCUT2D eigenvalue weighted by molar-refractivity contribution is 6.16. The molecule has 0 fully saturated rings. The monoisotopic (exact) mass is 1510 g/mol. The molecule has 0 saturated heterocycles. The molecule has 8 nitrogen and oxygen atoms in total. The standard InChI is InChI=1S/C111H70N8/c1-4-28-72(29-5-1)105-112-106(73-30-6-2-7-31-73)114-109(113-105)81-38-24-36-79(66-81)103-85-41-13-11-27-70(85)55-61-87(103)77-56-62-89-88-42-14-18-47-94(88)111(97(89)67-77)95-63-57-76(68-101(95)119-100-51-21-17-45-92(100)93-46-25-48-96(111)104(93)119)75-34-22-37-80(64-75)108-115-107(74-32-8-3-9-33-74)116-110(117-108)82-39-23-35-78(65-82)102-84-40-12-10-26-69(84)54-60-86(102)71-52-58-83(59-53-71)118-98-49-19-15-43-90(98)91-44-16-20-50-99(91)118/h1-68,105H,(H,112,113,114). The molecule has 1 N–H and O–H groups in total. The Morgan fingerprint density at radius 3 is 1.37 bits per heavy atom. The summed E-state index contributed by atoms with van der Waals surface area (Å²) in [5.74, 6) is 3.21. The van der Waals surface area contributed by atoms with E-state index in [0.717, 1.165) is 133 Å². The van der Waals surface area contributed by atoms with Gasteiger partial charge in [0.25, 0.3) is 0 Å². The van der Waals surface area contributed by atoms with E-state index in [1.54, 1.807) is 0 Å². The molecule has 0 bridgehead atoms. The number of fused-ring (bicyclic) bond motifs is 17. The van der Waals surface area contributed by atoms with Gasteiger partial charge < -0.3 is 14.5 Å². The second-order valence-electron chi connectivity index (χ2n) is 31.3. The number of benzene rings is 18. The molecule has 3 aromatic heterocycles. The van der Waals surface area contributed by atoms with Crippen molar-refractivity contribution in [1.29, 1.82) is 0 Å². The van der Waals surface area contributed by atoms with E-state index in [1.165, 1.54) is 71.5 Å². The van der Waals surface area contributed by atoms with Gasteiger partial charge >= 0.3 is 0 Å². The number of hydrogen-bond acceptors (Lipinski definition) is 6. The third-order valence-corrected chi connectivity index (χ3v) is 24.8. The van der Waals surface area contributed by atoms with E-state index in [9.17, 15) is 0 Å². The van der Waals surface area contributed by atoms with Gasteiger partial charge in [0.05, 0.1) is 33.2 Å². The normalized spacial score (nSPS) is 14.5. The number of hydrogen-bond donors (Lipinski definition) is 1. The van der Waals surface area contributed by atoms with E-state index in [-0.39, 0.29) is 6.17 Å². The molecule has 24 rings (SSSR count). The van der Waals surface area contributed by atoms with Crippen molar-refractivity contribution in [3.8, 4) is 112 Å². The van der Waals surface area contributed by atoms with Gasteiger partial charge in [-0.2, -0.15) is 0 Å². The van der Waals surface area contributed by atoms with Crippen molar-refractivity contribution in [3.05, 3.63) is 451 Å². The van der Waals surface area contributed by atoms with Crippen LogP contribution < -0.4 is 5.32 Å². The Labute approximate surface area is 687 Å². The zero-order valence-corrected chi connectivity index (χ0v) is 64.5. The Hall–Kier alpha value is -15.8. The summed E-state index contributed by atoms with van der Waals surface area (Å²) in [6, 6.07) is 150. The molecule has 0 saturated carbocycles. The first-order valence-electron chi connectivity index (χ1n) is 40.7. The topological polar surface area (TPSA) is 85.3 Å². The van der Waals surface area contributed by atoms with Crippen LogP contribution in [0.5, 0.6) is 0 Å². The molecular formula is C111H70N8. The largest absolute Gasteiger partial charge is 0.344 e. The van der Waals surface area contributed by atoms with Crippen LogP contribution in [0.2, 0.25) is 0 Å². The van der Waals surface area contributed by atoms with Crippen molar-refractivity contribution in [2.24, 2.45) is 9.98 Å². The third kappa shape index (κ3) is 10.8. The van der Waals surface area contributed by atoms with E-state index in [1.807, 2.05) is 30.3 Å². The molecule has 18 aromatic carbocycles. The number of amidine groups is 2. The number of rotatable bonds is 12. The summed E-state index contributed by atoms with van der Waals surface area (Å²) in [5.41, 5.74) is 30.3. The predicted octanol–water partition coefficient (Wildman–Crippen LogP) is 26.9. The third-order valence-electron chi connectivity index (χ3n) is 24.8. The lowest BCUT2D eigenvalue weighted by molar-refractivity contribution is 0.674. The highest BCUT2D eigenvalue weighted by atomic mass is 15.2. The Kier molecular flexibility index (Phi) is 15.5. The summed E-state index contributed by atoms with van der Waals surface area (Å²) in [4.78, 5) is 26.9. The van der Waals surface area contributed by atoms with Crippen LogP contribution in [0.3, 0.4) is 0 Å². The maximum atomic E-state index is 5.50. The highest BCUT2D eigenvalue weighted by Gasteiger charge is 2.51. The first-order chi connectivity index (χ1) is 59.0. The van der Waals surface area contributed by atoms with E-state index >= 15 is 0 Å². The van der Waals surface area contributed by atoms with Crippen LogP contribution >= 0.6 is 0 Å². The van der Waals surface area contributed by atoms with Crippen molar-refractivity contribution >= 4 is 76.8 Å². The highest BCUT2D eigenvalue weighted by Crippen LogP contribution is 2.62. The second kappa shape index (κ2) is 27.2. The van der Waals surface area contributed by atoms with Crippen LogP contribution in [0.4, 0.5) is 0 Å². The number of nitrogens with zero attached hydrogens (tertiary/aromatic N) is 7. The van der Waals surface area contributed by atoms with Gasteiger partial charge in [-0.1, -0.05) is 352 Å². The molecule has 0 radical (unpaired) electrons. The number of para-hydroxylation sites is 4. The smallest absolute Gasteiger partial charge is 0.164 e. The number of aromatic nitrogens is 5. The average molecular weight is 1520 g/mol. The van der Waals surface area contributed by atoms with Gasteiger partial charge in [-0.05, 0) is 177 Å². The molecule has 0 amide bonds. The lowest BCUT2D eigenvalue weighted by Crippen LogP contribution is -2.33. The molecule has 21 aromatic rings. The lowest BCUT2D eigenvalue weighted by atomic mass is 9.65. The van der Waals surface area contributed by atoms with Gasteiger partial charge in [0, 0.05) is 55.0 Å². The Morgan fingerprint density at radius 2 is 0.706 bits per heavy atom. The van der Waals surface area contributed by atoms with Gasteiger partial charge in [0.1, 0.15) is 12.0 Å². The van der Waals surface area contributed by atoms with Gasteiger partial charge in [0.2, 0.25) is 0 Å². The average Bonchev–Trinajstić information content (AvgIpc) is 1.51. The molecule has 1 spiro atoms. The molecule has 8 heteroatoms. The molecule has 2 unspecified atom stereocenters. The van der Waals surface area contributed by atoms with Crippen molar-refractivity contribution < 1.29 is 0 Å². The van der Waals surface area contributed by atoms with Crippen molar-refractivity contribution in [2.45, 2.75) is 11.6 Å². The molecule has 119 heavy (non-hydrogen) atoms. The van der Waals surface area contributed by atoms with E-state index in [2.05, 4.69) is 397 Å². The minimum atomic E-state index is -0.752. The van der Waals surface area contributed by atoms with Crippen LogP contribution in [0.25, 0.3) is 177 Å². The van der Waals surface area contributed by atoms with E-state index in [0.29, 0.717) is 23.3 Å². The van der Waals surface area contributed by atoms with Crippen LogP contribution in [0, 0.1) is 0 Å². The van der Waals surface area contributed by atoms with Crippen LogP contribution in [0.1, 0.15) is 45.1 Å². The fraction of sp³-hybridized carbons (Fsp3) is 0.0180. The minimum absolute atomic E-state index is 0.336. The Bertz CT molecular complexity index is 7780. The van der Waals surface area contributed by atoms with Gasteiger partial charge in [-0.25, -0.2) is 24.9 Å². The Balaban J connectivity index is 0.637. The van der Waals surface area contributed by atoms with Crippen molar-refractivity contribution in [1.82, 2.24) is 29.4 Å². The quantitative estimate of drug-likeness (QED) is 0.132. The maximum Gasteiger partial charge on any atom is 0.164 e. The molecule has 2 aliphatic heterocycles. The molecule has 554 valence electrons. The maximum absolute atomic E-state index is 5.50. The minimum Gasteiger partial charge on any atom is -0.344 e. The zero-order chi connectivity index (χ0) is 78.2. The Morgan fingerprint density at radius 1 is 0.261 bits per heavy atom. The summed E-state index contributed by atoms with van der Waals surface area (Å²) in [7, 11) is 0. The summed E-state index contributed by atoms with van der Waals surface area (Å²) in [6.07, 6.45) is -0.336. The first-order valence-corrected chi connectivity index (χ1v) is 40.7. The zero-order valence-electron chi connectivity index (χ0n) is 64.5. The van der Waals surface area contributed by atoms with Crippen LogP contribution in [0.15, 0.2) is 422 Å². The first kappa shape index (κ1) is 67.7. The number of aliphatic imine (C=N–C) groups is 2. The van der Waals surface area contributed by atoms with Gasteiger partial charge in [0.15, 0.2) is 23.3 Å². The summed E-state index contributed by atoms with van der Waals surface area (Å²) >= 11 is 0. The molecule has 5 heterocycles. The van der Waals surface area contributed by atoms with Gasteiger partial charge in [-0.15, -0.1) is 0 Å². The second-order valence-corrected chi connectivity index (χ2v) is 31.3. The van der Waals surface area contributed by atoms with Gasteiger partial charge in [-0.3, -0.25) is 0 Å².